The molecule has 4 aromatic rings. The van der Waals surface area contributed by atoms with E-state index in [4.69, 9.17) is 18.9 Å². The lowest BCUT2D eigenvalue weighted by Crippen LogP contribution is -2.34. The molecule has 2 heterocycles. The van der Waals surface area contributed by atoms with E-state index in [9.17, 15) is 19.2 Å². The van der Waals surface area contributed by atoms with Gasteiger partial charge in [-0.25, -0.2) is 29.1 Å². The van der Waals surface area contributed by atoms with Gasteiger partial charge in [-0.3, -0.25) is 0 Å². The van der Waals surface area contributed by atoms with Crippen molar-refractivity contribution in [1.82, 2.24) is 30.2 Å². The molecule has 2 amide bonds. The number of rotatable bonds is 11. The van der Waals surface area contributed by atoms with Crippen LogP contribution in [0.25, 0.3) is 22.5 Å². The number of esters is 2. The van der Waals surface area contributed by atoms with Crippen molar-refractivity contribution >= 4 is 71.9 Å². The lowest BCUT2D eigenvalue weighted by molar-refractivity contribution is 0.0498. The van der Waals surface area contributed by atoms with Crippen LogP contribution in [-0.4, -0.2) is 86.5 Å². The normalized spacial score (nSPS) is 10.8. The van der Waals surface area contributed by atoms with Crippen LogP contribution in [0.3, 0.4) is 0 Å². The minimum atomic E-state index is -0.566. The number of hydrogen-bond acceptors (Lipinski definition) is 10. The summed E-state index contributed by atoms with van der Waals surface area (Å²) in [5, 5.41) is 6.00. The van der Waals surface area contributed by atoms with E-state index in [2.05, 4.69) is 73.4 Å². The fourth-order valence-corrected chi connectivity index (χ4v) is 4.89. The SMILES string of the molecule is CC(C)(C)OC(=O)NCCBr.CCOC(=O)c1nc(-c2ccc(Br)cc2)cn1CCNC(=O)OC(C)(C)C.CCOC(=O)c1ncc(-c2ccc(Br)cc2)[nH]1. The number of carbonyl (C=O) groups excluding carboxylic acids is 4. The number of aromatic nitrogens is 4. The number of imidazole rings is 2. The van der Waals surface area contributed by atoms with E-state index in [1.807, 2.05) is 69.3 Å². The number of aromatic amines is 1. The van der Waals surface area contributed by atoms with Crippen molar-refractivity contribution in [3.8, 4) is 22.5 Å². The molecular formula is C38H49Br3N6O8. The van der Waals surface area contributed by atoms with Crippen molar-refractivity contribution in [2.75, 3.05) is 31.6 Å². The summed E-state index contributed by atoms with van der Waals surface area (Å²) in [5.74, 6) is -0.514. The second kappa shape index (κ2) is 23.0. The Kier molecular flexibility index (Phi) is 19.6. The van der Waals surface area contributed by atoms with Crippen LogP contribution in [-0.2, 0) is 25.5 Å². The number of nitrogens with one attached hydrogen (secondary N) is 3. The number of nitrogens with zero attached hydrogens (tertiary/aromatic N) is 3. The molecule has 0 aliphatic carbocycles. The summed E-state index contributed by atoms with van der Waals surface area (Å²) in [7, 11) is 0. The number of benzene rings is 2. The average Bonchev–Trinajstić information content (AvgIpc) is 3.76. The number of hydrogen-bond donors (Lipinski definition) is 3. The predicted molar refractivity (Wildman–Crippen MR) is 221 cm³/mol. The molecule has 0 atom stereocenters. The molecule has 2 aromatic carbocycles. The Morgan fingerprint density at radius 3 is 1.73 bits per heavy atom. The summed E-state index contributed by atoms with van der Waals surface area (Å²) in [6.45, 7) is 16.2. The van der Waals surface area contributed by atoms with Gasteiger partial charge in [0.2, 0.25) is 11.6 Å². The molecule has 2 aromatic heterocycles. The molecule has 0 bridgehead atoms. The van der Waals surface area contributed by atoms with E-state index in [0.717, 1.165) is 31.1 Å². The third-order valence-electron chi connectivity index (χ3n) is 6.36. The maximum absolute atomic E-state index is 12.2. The van der Waals surface area contributed by atoms with Crippen LogP contribution in [0.15, 0.2) is 69.9 Å². The molecule has 55 heavy (non-hydrogen) atoms. The molecule has 0 saturated carbocycles. The largest absolute Gasteiger partial charge is 0.460 e. The average molecular weight is 958 g/mol. The molecular weight excluding hydrogens is 908 g/mol. The van der Waals surface area contributed by atoms with Crippen LogP contribution in [0.1, 0.15) is 76.6 Å². The highest BCUT2D eigenvalue weighted by Crippen LogP contribution is 2.22. The van der Waals surface area contributed by atoms with E-state index in [1.165, 1.54) is 0 Å². The number of alkyl halides is 1. The fourth-order valence-electron chi connectivity index (χ4n) is 4.16. The quantitative estimate of drug-likeness (QED) is 0.0748. The van der Waals surface area contributed by atoms with Gasteiger partial charge in [-0.05, 0) is 85.2 Å². The Hall–Kier alpha value is -4.22. The van der Waals surface area contributed by atoms with Gasteiger partial charge in [0.25, 0.3) is 0 Å². The van der Waals surface area contributed by atoms with Crippen molar-refractivity contribution in [3.05, 3.63) is 81.5 Å². The molecule has 0 spiro atoms. The molecule has 17 heteroatoms. The van der Waals surface area contributed by atoms with Gasteiger partial charge < -0.3 is 39.1 Å². The summed E-state index contributed by atoms with van der Waals surface area (Å²) in [4.78, 5) is 57.6. The first-order chi connectivity index (χ1) is 25.8. The highest BCUT2D eigenvalue weighted by atomic mass is 79.9. The van der Waals surface area contributed by atoms with E-state index >= 15 is 0 Å². The smallest absolute Gasteiger partial charge is 0.407 e. The summed E-state index contributed by atoms with van der Waals surface area (Å²) < 4.78 is 23.8. The summed E-state index contributed by atoms with van der Waals surface area (Å²) in [5.41, 5.74) is 2.32. The maximum Gasteiger partial charge on any atom is 0.407 e. The van der Waals surface area contributed by atoms with Gasteiger partial charge in [0.05, 0.1) is 30.8 Å². The van der Waals surface area contributed by atoms with Gasteiger partial charge >= 0.3 is 24.1 Å². The highest BCUT2D eigenvalue weighted by molar-refractivity contribution is 9.10. The van der Waals surface area contributed by atoms with Crippen LogP contribution in [0.2, 0.25) is 0 Å². The molecule has 0 aliphatic heterocycles. The lowest BCUT2D eigenvalue weighted by atomic mass is 10.2. The van der Waals surface area contributed by atoms with Crippen molar-refractivity contribution in [1.29, 1.82) is 0 Å². The third-order valence-corrected chi connectivity index (χ3v) is 7.81. The molecule has 0 unspecified atom stereocenters. The number of halogens is 3. The second-order valence-electron chi connectivity index (χ2n) is 13.3. The highest BCUT2D eigenvalue weighted by Gasteiger charge is 2.20. The van der Waals surface area contributed by atoms with Crippen LogP contribution >= 0.6 is 47.8 Å². The van der Waals surface area contributed by atoms with E-state index in [-0.39, 0.29) is 30.9 Å². The number of H-pyrrole nitrogens is 1. The monoisotopic (exact) mass is 954 g/mol. The second-order valence-corrected chi connectivity index (χ2v) is 15.9. The molecule has 0 fully saturated rings. The molecule has 0 saturated heterocycles. The Balaban J connectivity index is 0.000000318. The zero-order chi connectivity index (χ0) is 41.2. The fraction of sp³-hybridized carbons (Fsp3) is 0.421. The van der Waals surface area contributed by atoms with Gasteiger partial charge in [0.1, 0.15) is 11.2 Å². The van der Waals surface area contributed by atoms with Crippen LogP contribution in [0, 0.1) is 0 Å². The Morgan fingerprint density at radius 2 is 1.24 bits per heavy atom. The van der Waals surface area contributed by atoms with Crippen molar-refractivity contribution in [3.63, 3.8) is 0 Å². The van der Waals surface area contributed by atoms with Crippen molar-refractivity contribution in [2.24, 2.45) is 0 Å². The topological polar surface area (TPSA) is 176 Å². The molecule has 0 radical (unpaired) electrons. The zero-order valence-corrected chi connectivity index (χ0v) is 37.0. The molecule has 4 rings (SSSR count). The number of carbonyl (C=O) groups is 4. The summed E-state index contributed by atoms with van der Waals surface area (Å²) in [6, 6.07) is 15.4. The van der Waals surface area contributed by atoms with E-state index < -0.39 is 29.2 Å². The standard InChI is InChI=1S/C19H24BrN3O4.C12H11BrN2O2.C7H14BrNO2/c1-5-26-17(24)16-22-15(13-6-8-14(20)9-7-13)12-23(16)11-10-21-18(25)27-19(2,3)4;1-2-17-12(16)11-14-7-10(15-11)8-3-5-9(13)6-4-8;1-7(2,3)11-6(10)9-5-4-8/h6-9,12H,5,10-11H2,1-4H3,(H,21,25);3-7H,2H2,1H3,(H,14,15);4-5H2,1-3H3,(H,9,10). The third kappa shape index (κ3) is 18.3. The summed E-state index contributed by atoms with van der Waals surface area (Å²) >= 11 is 9.95. The van der Waals surface area contributed by atoms with Crippen LogP contribution in [0.5, 0.6) is 0 Å². The molecule has 3 N–H and O–H groups in total. The molecule has 300 valence electrons. The van der Waals surface area contributed by atoms with Crippen molar-refractivity contribution in [2.45, 2.75) is 73.1 Å². The first-order valence-corrected chi connectivity index (χ1v) is 20.0. The Labute approximate surface area is 347 Å². The summed E-state index contributed by atoms with van der Waals surface area (Å²) in [6.07, 6.45) is 2.52. The Morgan fingerprint density at radius 1 is 0.745 bits per heavy atom. The minimum absolute atomic E-state index is 0.195. The van der Waals surface area contributed by atoms with Gasteiger partial charge in [0, 0.05) is 45.7 Å². The number of ether oxygens (including phenoxy) is 4. The van der Waals surface area contributed by atoms with Crippen LogP contribution < -0.4 is 10.6 Å². The Bertz CT molecular complexity index is 1820. The van der Waals surface area contributed by atoms with E-state index in [1.54, 1.807) is 51.6 Å². The zero-order valence-electron chi connectivity index (χ0n) is 32.3. The van der Waals surface area contributed by atoms with Gasteiger partial charge in [0.15, 0.2) is 0 Å². The van der Waals surface area contributed by atoms with E-state index in [0.29, 0.717) is 25.4 Å². The van der Waals surface area contributed by atoms with Gasteiger partial charge in [-0.15, -0.1) is 0 Å². The van der Waals surface area contributed by atoms with Gasteiger partial charge in [-0.1, -0.05) is 72.1 Å². The maximum atomic E-state index is 12.2. The minimum Gasteiger partial charge on any atom is -0.460 e. The predicted octanol–water partition coefficient (Wildman–Crippen LogP) is 8.94. The van der Waals surface area contributed by atoms with Gasteiger partial charge in [-0.2, -0.15) is 0 Å². The first-order valence-electron chi connectivity index (χ1n) is 17.3. The number of alkyl carbamates (subject to hydrolysis) is 2. The molecule has 14 nitrogen and oxygen atoms in total. The number of amides is 2. The lowest BCUT2D eigenvalue weighted by Gasteiger charge is -2.19. The molecule has 0 aliphatic rings. The van der Waals surface area contributed by atoms with Crippen molar-refractivity contribution < 1.29 is 38.1 Å². The first kappa shape index (κ1) is 46.9. The van der Waals surface area contributed by atoms with Crippen LogP contribution in [0.4, 0.5) is 9.59 Å².